The van der Waals surface area contributed by atoms with E-state index in [0.717, 1.165) is 0 Å². The third-order valence-electron chi connectivity index (χ3n) is 6.13. The number of rotatable bonds is 5. The highest BCUT2D eigenvalue weighted by atomic mass is 32.2. The van der Waals surface area contributed by atoms with Crippen molar-refractivity contribution in [2.75, 3.05) is 26.7 Å². The summed E-state index contributed by atoms with van der Waals surface area (Å²) in [6, 6.07) is 8.01. The molecule has 1 N–H and O–H groups in total. The van der Waals surface area contributed by atoms with Crippen LogP contribution in [0.3, 0.4) is 0 Å². The van der Waals surface area contributed by atoms with Gasteiger partial charge in [-0.05, 0) is 43.2 Å². The second-order valence-corrected chi connectivity index (χ2v) is 9.98. The minimum atomic E-state index is -4.82. The van der Waals surface area contributed by atoms with Gasteiger partial charge in [0.1, 0.15) is 0 Å². The normalized spacial score (nSPS) is 20.8. The van der Waals surface area contributed by atoms with E-state index in [9.17, 15) is 26.4 Å². The number of piperidine rings is 1. The fraction of sp³-hybridized carbons (Fsp3) is 0.632. The summed E-state index contributed by atoms with van der Waals surface area (Å²) in [4.78, 5) is 13.4. The summed E-state index contributed by atoms with van der Waals surface area (Å²) >= 11 is 0. The van der Waals surface area contributed by atoms with Gasteiger partial charge in [-0.1, -0.05) is 18.2 Å². The van der Waals surface area contributed by atoms with Crippen LogP contribution in [0.4, 0.5) is 18.0 Å². The Balaban J connectivity index is 1.52. The van der Waals surface area contributed by atoms with Crippen molar-refractivity contribution in [1.29, 1.82) is 0 Å². The van der Waals surface area contributed by atoms with E-state index in [1.165, 1.54) is 9.21 Å². The number of carbonyl (C=O) groups excluding carboxylic acids is 1. The number of hydrogen-bond donors (Lipinski definition) is 1. The highest BCUT2D eigenvalue weighted by Crippen LogP contribution is 2.51. The third-order valence-corrected chi connectivity index (χ3v) is 8.05. The van der Waals surface area contributed by atoms with Gasteiger partial charge < -0.3 is 14.7 Å². The first-order chi connectivity index (χ1) is 14.0. The van der Waals surface area contributed by atoms with Crippen LogP contribution in [0.15, 0.2) is 35.2 Å². The van der Waals surface area contributed by atoms with Gasteiger partial charge in [-0.25, -0.2) is 13.2 Å². The molecule has 1 heterocycles. The fourth-order valence-electron chi connectivity index (χ4n) is 4.13. The molecule has 1 aliphatic heterocycles. The van der Waals surface area contributed by atoms with Crippen molar-refractivity contribution in [3.8, 4) is 0 Å². The van der Waals surface area contributed by atoms with Gasteiger partial charge in [-0.2, -0.15) is 17.5 Å². The maximum atomic E-state index is 12.7. The maximum absolute atomic E-state index is 12.7. The van der Waals surface area contributed by atoms with Crippen molar-refractivity contribution in [1.82, 2.24) is 9.21 Å². The third kappa shape index (κ3) is 4.57. The predicted molar refractivity (Wildman–Crippen MR) is 101 cm³/mol. The molecule has 1 aromatic rings. The van der Waals surface area contributed by atoms with Crippen LogP contribution in [0.2, 0.25) is 0 Å². The molecule has 1 saturated carbocycles. The molecule has 2 fully saturated rings. The van der Waals surface area contributed by atoms with Gasteiger partial charge in [-0.15, -0.1) is 0 Å². The highest BCUT2D eigenvalue weighted by molar-refractivity contribution is 7.89. The van der Waals surface area contributed by atoms with E-state index in [2.05, 4.69) is 4.74 Å². The van der Waals surface area contributed by atoms with Gasteiger partial charge in [-0.3, -0.25) is 0 Å². The number of sulfonamides is 1. The molecule has 0 bridgehead atoms. The van der Waals surface area contributed by atoms with E-state index in [1.54, 1.807) is 37.4 Å². The van der Waals surface area contributed by atoms with Crippen LogP contribution < -0.4 is 0 Å². The van der Waals surface area contributed by atoms with Crippen LogP contribution in [0.25, 0.3) is 0 Å². The lowest BCUT2D eigenvalue weighted by Crippen LogP contribution is -2.56. The van der Waals surface area contributed by atoms with Gasteiger partial charge in [0.15, 0.2) is 0 Å². The molecule has 11 heteroatoms. The monoisotopic (exact) mass is 450 g/mol. The number of alkyl halides is 3. The average Bonchev–Trinajstić information content (AvgIpc) is 2.69. The van der Waals surface area contributed by atoms with Gasteiger partial charge in [0, 0.05) is 26.2 Å². The molecule has 0 radical (unpaired) electrons. The van der Waals surface area contributed by atoms with Crippen molar-refractivity contribution in [2.24, 2.45) is 5.41 Å². The number of carbonyl (C=O) groups is 1. The standard InChI is InChI=1S/C19H25F3N2O5S/c1-23(30(27,28)15-5-3-2-4-6-15)14-11-18(12-14)7-9-24(10-8-18)17(26)29-16(13-25)19(20,21)22/h2-6,14,16,25H,7-13H2,1H3/t16-/m1/s1. The Hall–Kier alpha value is -1.85. The number of likely N-dealkylation sites (tertiary alicyclic amines) is 1. The number of nitrogens with zero attached hydrogens (tertiary/aromatic N) is 2. The number of benzene rings is 1. The van der Waals surface area contributed by atoms with Crippen LogP contribution >= 0.6 is 0 Å². The zero-order chi connectivity index (χ0) is 22.2. The molecule has 7 nitrogen and oxygen atoms in total. The predicted octanol–water partition coefficient (Wildman–Crippen LogP) is 2.61. The highest BCUT2D eigenvalue weighted by Gasteiger charge is 2.50. The minimum absolute atomic E-state index is 0.123. The van der Waals surface area contributed by atoms with Crippen molar-refractivity contribution >= 4 is 16.1 Å². The van der Waals surface area contributed by atoms with Crippen molar-refractivity contribution < 1.29 is 36.2 Å². The molecule has 1 aromatic carbocycles. The molecule has 168 valence electrons. The van der Waals surface area contributed by atoms with Gasteiger partial charge >= 0.3 is 12.3 Å². The van der Waals surface area contributed by atoms with Crippen molar-refractivity contribution in [3.05, 3.63) is 30.3 Å². The molecule has 0 aromatic heterocycles. The number of aliphatic hydroxyl groups excluding tert-OH is 1. The van der Waals surface area contributed by atoms with Crippen molar-refractivity contribution in [2.45, 2.75) is 48.9 Å². The van der Waals surface area contributed by atoms with Crippen LogP contribution in [0.1, 0.15) is 25.7 Å². The molecule has 3 rings (SSSR count). The Morgan fingerprint density at radius 3 is 2.33 bits per heavy atom. The first-order valence-electron chi connectivity index (χ1n) is 9.65. The fourth-order valence-corrected chi connectivity index (χ4v) is 5.50. The number of ether oxygens (including phenoxy) is 1. The zero-order valence-corrected chi connectivity index (χ0v) is 17.3. The molecule has 0 unspecified atom stereocenters. The van der Waals surface area contributed by atoms with Gasteiger partial charge in [0.05, 0.1) is 11.5 Å². The summed E-state index contributed by atoms with van der Waals surface area (Å²) in [5.74, 6) is 0. The molecule has 2 aliphatic rings. The molecule has 1 amide bonds. The van der Waals surface area contributed by atoms with Gasteiger partial charge in [0.2, 0.25) is 16.1 Å². The lowest BCUT2D eigenvalue weighted by atomic mass is 9.60. The Labute approximate surface area is 173 Å². The summed E-state index contributed by atoms with van der Waals surface area (Å²) in [6.45, 7) is -0.857. The summed E-state index contributed by atoms with van der Waals surface area (Å²) in [6.07, 6.45) is -6.05. The molecular weight excluding hydrogens is 425 g/mol. The smallest absolute Gasteiger partial charge is 0.427 e. The second kappa shape index (κ2) is 8.35. The second-order valence-electron chi connectivity index (χ2n) is 7.98. The molecule has 1 spiro atoms. The van der Waals surface area contributed by atoms with Crippen LogP contribution in [-0.4, -0.2) is 73.9 Å². The molecule has 30 heavy (non-hydrogen) atoms. The summed E-state index contributed by atoms with van der Waals surface area (Å²) in [5.41, 5.74) is -0.123. The first-order valence-corrected chi connectivity index (χ1v) is 11.1. The first kappa shape index (κ1) is 22.8. The summed E-state index contributed by atoms with van der Waals surface area (Å²) in [5, 5.41) is 8.80. The Bertz CT molecular complexity index is 847. The quantitative estimate of drug-likeness (QED) is 0.745. The maximum Gasteiger partial charge on any atom is 0.427 e. The molecule has 1 atom stereocenters. The SMILES string of the molecule is CN(C1CC2(CCN(C(=O)O[C@H](CO)C(F)(F)F)CC2)C1)S(=O)(=O)c1ccccc1. The van der Waals surface area contributed by atoms with Crippen LogP contribution in [0, 0.1) is 5.41 Å². The number of aliphatic hydroxyl groups is 1. The lowest BCUT2D eigenvalue weighted by Gasteiger charge is -2.54. The topological polar surface area (TPSA) is 87.2 Å². The van der Waals surface area contributed by atoms with E-state index in [1.807, 2.05) is 0 Å². The Morgan fingerprint density at radius 1 is 1.27 bits per heavy atom. The van der Waals surface area contributed by atoms with E-state index in [4.69, 9.17) is 5.11 Å². The van der Waals surface area contributed by atoms with Gasteiger partial charge in [0.25, 0.3) is 0 Å². The van der Waals surface area contributed by atoms with Crippen LogP contribution in [0.5, 0.6) is 0 Å². The van der Waals surface area contributed by atoms with Crippen molar-refractivity contribution in [3.63, 3.8) is 0 Å². The summed E-state index contributed by atoms with van der Waals surface area (Å²) in [7, 11) is -2.04. The van der Waals surface area contributed by atoms with E-state index in [0.29, 0.717) is 25.7 Å². The average molecular weight is 450 g/mol. The number of hydrogen-bond acceptors (Lipinski definition) is 5. The van der Waals surface area contributed by atoms with E-state index < -0.39 is 35.0 Å². The van der Waals surface area contributed by atoms with Crippen LogP contribution in [-0.2, 0) is 14.8 Å². The Morgan fingerprint density at radius 2 is 1.83 bits per heavy atom. The Kier molecular flexibility index (Phi) is 6.35. The number of amides is 1. The molecule has 1 aliphatic carbocycles. The lowest BCUT2D eigenvalue weighted by molar-refractivity contribution is -0.215. The van der Waals surface area contributed by atoms with E-state index >= 15 is 0 Å². The minimum Gasteiger partial charge on any atom is -0.434 e. The number of halogens is 3. The molecule has 1 saturated heterocycles. The zero-order valence-electron chi connectivity index (χ0n) is 16.5. The van der Waals surface area contributed by atoms with E-state index in [-0.39, 0.29) is 29.4 Å². The molecular formula is C19H25F3N2O5S. The largest absolute Gasteiger partial charge is 0.434 e. The summed E-state index contributed by atoms with van der Waals surface area (Å²) < 4.78 is 69.2.